The molecule has 1 aliphatic heterocycles. The SMILES string of the molecule is [CH2]C(C)c1cccc2c1N(O)c1ccccc1S2. The lowest BCUT2D eigenvalue weighted by Crippen LogP contribution is -2.17. The van der Waals surface area contributed by atoms with E-state index in [1.54, 1.807) is 11.8 Å². The molecule has 0 amide bonds. The molecule has 2 nitrogen and oxygen atoms in total. The molecule has 0 spiro atoms. The molecule has 2 aromatic rings. The Morgan fingerprint density at radius 2 is 1.83 bits per heavy atom. The minimum Gasteiger partial charge on any atom is -0.283 e. The number of hydrogen-bond acceptors (Lipinski definition) is 3. The molecule has 0 bridgehead atoms. The van der Waals surface area contributed by atoms with Gasteiger partial charge in [-0.3, -0.25) is 5.21 Å². The van der Waals surface area contributed by atoms with Crippen LogP contribution in [0.5, 0.6) is 0 Å². The van der Waals surface area contributed by atoms with Gasteiger partial charge in [-0.15, -0.1) is 0 Å². The molecule has 1 radical (unpaired) electrons. The van der Waals surface area contributed by atoms with Gasteiger partial charge in [-0.25, -0.2) is 5.06 Å². The average molecular weight is 256 g/mol. The molecule has 1 aliphatic rings. The van der Waals surface area contributed by atoms with Crippen LogP contribution in [0.25, 0.3) is 0 Å². The molecular weight excluding hydrogens is 242 g/mol. The van der Waals surface area contributed by atoms with Crippen molar-refractivity contribution in [2.75, 3.05) is 5.06 Å². The van der Waals surface area contributed by atoms with Crippen molar-refractivity contribution >= 4 is 23.1 Å². The third-order valence-corrected chi connectivity index (χ3v) is 4.20. The van der Waals surface area contributed by atoms with Crippen molar-refractivity contribution in [2.45, 2.75) is 22.6 Å². The van der Waals surface area contributed by atoms with Crippen LogP contribution >= 0.6 is 11.8 Å². The summed E-state index contributed by atoms with van der Waals surface area (Å²) in [6, 6.07) is 13.9. The van der Waals surface area contributed by atoms with Crippen LogP contribution in [0.1, 0.15) is 18.4 Å². The highest BCUT2D eigenvalue weighted by Crippen LogP contribution is 2.49. The molecule has 0 aliphatic carbocycles. The van der Waals surface area contributed by atoms with Gasteiger partial charge in [0.15, 0.2) is 0 Å². The molecular formula is C15H14NOS. The maximum absolute atomic E-state index is 10.4. The molecule has 0 fully saturated rings. The van der Waals surface area contributed by atoms with E-state index >= 15 is 0 Å². The predicted molar refractivity (Wildman–Crippen MR) is 74.7 cm³/mol. The van der Waals surface area contributed by atoms with Crippen molar-refractivity contribution in [1.29, 1.82) is 0 Å². The van der Waals surface area contributed by atoms with Crippen LogP contribution in [-0.2, 0) is 0 Å². The number of nitrogens with zero attached hydrogens (tertiary/aromatic N) is 1. The molecule has 3 heteroatoms. The Bertz CT molecular complexity index is 595. The summed E-state index contributed by atoms with van der Waals surface area (Å²) in [4.78, 5) is 2.14. The van der Waals surface area contributed by atoms with E-state index in [4.69, 9.17) is 0 Å². The maximum atomic E-state index is 10.4. The summed E-state index contributed by atoms with van der Waals surface area (Å²) in [6.07, 6.45) is 0. The molecule has 0 saturated heterocycles. The van der Waals surface area contributed by atoms with Gasteiger partial charge in [0.05, 0.1) is 11.4 Å². The van der Waals surface area contributed by atoms with Crippen LogP contribution in [0.3, 0.4) is 0 Å². The molecule has 3 rings (SSSR count). The first-order valence-electron chi connectivity index (χ1n) is 5.90. The molecule has 2 aromatic carbocycles. The lowest BCUT2D eigenvalue weighted by atomic mass is 10.0. The number of anilines is 2. The second-order valence-electron chi connectivity index (χ2n) is 4.48. The fourth-order valence-electron chi connectivity index (χ4n) is 2.20. The summed E-state index contributed by atoms with van der Waals surface area (Å²) >= 11 is 1.69. The Morgan fingerprint density at radius 1 is 1.11 bits per heavy atom. The molecule has 1 atom stereocenters. The highest BCUT2D eigenvalue weighted by molar-refractivity contribution is 7.99. The topological polar surface area (TPSA) is 23.5 Å². The van der Waals surface area contributed by atoms with Gasteiger partial charge in [0.1, 0.15) is 0 Å². The highest BCUT2D eigenvalue weighted by atomic mass is 32.2. The van der Waals surface area contributed by atoms with Crippen molar-refractivity contribution in [3.8, 4) is 0 Å². The van der Waals surface area contributed by atoms with Crippen LogP contribution in [0.15, 0.2) is 52.3 Å². The summed E-state index contributed by atoms with van der Waals surface area (Å²) in [5.41, 5.74) is 2.77. The molecule has 1 N–H and O–H groups in total. The Morgan fingerprint density at radius 3 is 2.61 bits per heavy atom. The normalized spacial score (nSPS) is 13.4. The van der Waals surface area contributed by atoms with Gasteiger partial charge in [-0.05, 0) is 36.6 Å². The number of fused-ring (bicyclic) bond motifs is 2. The van der Waals surface area contributed by atoms with E-state index in [-0.39, 0.29) is 5.92 Å². The Balaban J connectivity index is 2.20. The number of rotatable bonds is 1. The van der Waals surface area contributed by atoms with Crippen LogP contribution in [0.2, 0.25) is 0 Å². The largest absolute Gasteiger partial charge is 0.283 e. The number of para-hydroxylation sites is 2. The molecule has 1 unspecified atom stereocenters. The number of benzene rings is 2. The minimum absolute atomic E-state index is 0.139. The summed E-state index contributed by atoms with van der Waals surface area (Å²) in [5, 5.41) is 11.7. The fraction of sp³-hybridized carbons (Fsp3) is 0.133. The average Bonchev–Trinajstić information content (AvgIpc) is 2.38. The smallest absolute Gasteiger partial charge is 0.0867 e. The molecule has 1 heterocycles. The summed E-state index contributed by atoms with van der Waals surface area (Å²) in [6.45, 7) is 6.10. The zero-order valence-corrected chi connectivity index (χ0v) is 10.9. The van der Waals surface area contributed by atoms with E-state index < -0.39 is 0 Å². The summed E-state index contributed by atoms with van der Waals surface area (Å²) < 4.78 is 0. The monoisotopic (exact) mass is 256 g/mol. The van der Waals surface area contributed by atoms with E-state index in [2.05, 4.69) is 6.92 Å². The Labute approximate surface area is 111 Å². The standard InChI is InChI=1S/C15H14NOS/c1-10(2)11-6-5-9-14-15(11)16(17)12-7-3-4-8-13(12)18-14/h3-10,17H,1H2,2H3. The van der Waals surface area contributed by atoms with E-state index in [1.807, 2.05) is 49.4 Å². The van der Waals surface area contributed by atoms with Crippen LogP contribution in [0, 0.1) is 6.92 Å². The molecule has 0 saturated carbocycles. The van der Waals surface area contributed by atoms with Crippen molar-refractivity contribution in [3.63, 3.8) is 0 Å². The van der Waals surface area contributed by atoms with E-state index in [9.17, 15) is 5.21 Å². The summed E-state index contributed by atoms with van der Waals surface area (Å²) in [7, 11) is 0. The minimum atomic E-state index is 0.139. The first kappa shape index (κ1) is 11.6. The summed E-state index contributed by atoms with van der Waals surface area (Å²) in [5.74, 6) is 0.139. The number of hydrogen-bond donors (Lipinski definition) is 1. The van der Waals surface area contributed by atoms with Crippen molar-refractivity contribution in [3.05, 3.63) is 55.0 Å². The molecule has 0 aromatic heterocycles. The van der Waals surface area contributed by atoms with E-state index in [0.29, 0.717) is 0 Å². The van der Waals surface area contributed by atoms with Crippen LogP contribution in [-0.4, -0.2) is 5.21 Å². The molecule has 91 valence electrons. The van der Waals surface area contributed by atoms with Gasteiger partial charge in [0.2, 0.25) is 0 Å². The second kappa shape index (κ2) is 4.34. The van der Waals surface area contributed by atoms with Gasteiger partial charge < -0.3 is 0 Å². The van der Waals surface area contributed by atoms with Crippen molar-refractivity contribution in [1.82, 2.24) is 0 Å². The highest BCUT2D eigenvalue weighted by Gasteiger charge is 2.25. The van der Waals surface area contributed by atoms with Crippen molar-refractivity contribution < 1.29 is 5.21 Å². The zero-order valence-electron chi connectivity index (χ0n) is 10.1. The zero-order chi connectivity index (χ0) is 12.7. The van der Waals surface area contributed by atoms with E-state index in [0.717, 1.165) is 26.7 Å². The Hall–Kier alpha value is -1.45. The maximum Gasteiger partial charge on any atom is 0.0867 e. The van der Waals surface area contributed by atoms with Gasteiger partial charge in [0.25, 0.3) is 0 Å². The van der Waals surface area contributed by atoms with Crippen molar-refractivity contribution in [2.24, 2.45) is 0 Å². The first-order chi connectivity index (χ1) is 8.68. The van der Waals surface area contributed by atoms with Gasteiger partial charge in [0, 0.05) is 9.79 Å². The van der Waals surface area contributed by atoms with Gasteiger partial charge in [-0.2, -0.15) is 0 Å². The quantitative estimate of drug-likeness (QED) is 0.805. The second-order valence-corrected chi connectivity index (χ2v) is 5.56. The van der Waals surface area contributed by atoms with Gasteiger partial charge in [-0.1, -0.05) is 43.0 Å². The third-order valence-electron chi connectivity index (χ3n) is 3.09. The lowest BCUT2D eigenvalue weighted by molar-refractivity contribution is 0.295. The fourth-order valence-corrected chi connectivity index (χ4v) is 3.29. The van der Waals surface area contributed by atoms with Gasteiger partial charge >= 0.3 is 0 Å². The third kappa shape index (κ3) is 1.71. The predicted octanol–water partition coefficient (Wildman–Crippen LogP) is 4.62. The first-order valence-corrected chi connectivity index (χ1v) is 6.72. The Kier molecular flexibility index (Phi) is 2.80. The van der Waals surface area contributed by atoms with Crippen LogP contribution < -0.4 is 5.06 Å². The molecule has 18 heavy (non-hydrogen) atoms. The van der Waals surface area contributed by atoms with E-state index in [1.165, 1.54) is 5.06 Å². The van der Waals surface area contributed by atoms with Crippen LogP contribution in [0.4, 0.5) is 11.4 Å². The lowest BCUT2D eigenvalue weighted by Gasteiger charge is -2.30.